The van der Waals surface area contributed by atoms with E-state index < -0.39 is 0 Å². The molecule has 0 heterocycles. The summed E-state index contributed by atoms with van der Waals surface area (Å²) in [6.45, 7) is 4.05. The molecule has 0 amide bonds. The van der Waals surface area contributed by atoms with Gasteiger partial charge in [0.25, 0.3) is 0 Å². The van der Waals surface area contributed by atoms with Crippen molar-refractivity contribution in [3.63, 3.8) is 0 Å². The van der Waals surface area contributed by atoms with E-state index in [2.05, 4.69) is 37.8 Å². The molecule has 0 saturated carbocycles. The van der Waals surface area contributed by atoms with E-state index in [-0.39, 0.29) is 0 Å². The van der Waals surface area contributed by atoms with E-state index in [4.69, 9.17) is 0 Å². The van der Waals surface area contributed by atoms with E-state index in [9.17, 15) is 0 Å². The second-order valence-corrected chi connectivity index (χ2v) is 2.44. The van der Waals surface area contributed by atoms with Gasteiger partial charge < -0.3 is 4.90 Å². The van der Waals surface area contributed by atoms with Crippen molar-refractivity contribution >= 4 is 0 Å². The largest absolute Gasteiger partial charge is 0.306 e. The maximum atomic E-state index is 3.04. The van der Waals surface area contributed by atoms with Crippen LogP contribution in [0.3, 0.4) is 0 Å². The summed E-state index contributed by atoms with van der Waals surface area (Å²) in [5.41, 5.74) is 0. The Labute approximate surface area is 58.1 Å². The average molecular weight is 125 g/mol. The van der Waals surface area contributed by atoms with Crippen LogP contribution in [-0.2, 0) is 0 Å². The number of hydrogen-bond donors (Lipinski definition) is 0. The number of nitrogens with zero attached hydrogens (tertiary/aromatic N) is 1. The molecule has 0 N–H and O–H groups in total. The maximum absolute atomic E-state index is 3.04. The van der Waals surface area contributed by atoms with Crippen molar-refractivity contribution in [1.82, 2.24) is 4.90 Å². The monoisotopic (exact) mass is 125 g/mol. The zero-order valence-corrected chi connectivity index (χ0v) is 6.73. The molecule has 0 spiro atoms. The third-order valence-corrected chi connectivity index (χ3v) is 1.46. The van der Waals surface area contributed by atoms with Gasteiger partial charge >= 0.3 is 0 Å². The highest BCUT2D eigenvalue weighted by Gasteiger charge is 1.99. The van der Waals surface area contributed by atoms with Crippen molar-refractivity contribution in [1.29, 1.82) is 0 Å². The molecule has 1 unspecified atom stereocenters. The minimum absolute atomic E-state index is 0.581. The molecule has 0 bridgehead atoms. The number of hydrogen-bond acceptors (Lipinski definition) is 1. The van der Waals surface area contributed by atoms with Crippen LogP contribution in [0.4, 0.5) is 0 Å². The third kappa shape index (κ3) is 4.05. The maximum Gasteiger partial charge on any atom is 0.0242 e. The summed E-state index contributed by atoms with van der Waals surface area (Å²) >= 11 is 0. The molecule has 1 atom stereocenters. The average Bonchev–Trinajstić information content (AvgIpc) is 1.82. The minimum Gasteiger partial charge on any atom is -0.306 e. The van der Waals surface area contributed by atoms with Gasteiger partial charge in [-0.05, 0) is 27.9 Å². The van der Waals surface area contributed by atoms with Crippen molar-refractivity contribution in [2.24, 2.45) is 0 Å². The molecule has 0 aliphatic heterocycles. The molecule has 52 valence electrons. The molecular formula is C8H15N. The van der Waals surface area contributed by atoms with Crippen molar-refractivity contribution in [3.05, 3.63) is 0 Å². The fourth-order valence-corrected chi connectivity index (χ4v) is 0.432. The molecule has 9 heavy (non-hydrogen) atoms. The molecular weight excluding hydrogens is 110 g/mol. The van der Waals surface area contributed by atoms with Crippen LogP contribution in [-0.4, -0.2) is 25.0 Å². The van der Waals surface area contributed by atoms with Gasteiger partial charge in [-0.25, -0.2) is 0 Å². The second kappa shape index (κ2) is 4.40. The predicted molar refractivity (Wildman–Crippen MR) is 41.2 cm³/mol. The zero-order chi connectivity index (χ0) is 7.28. The van der Waals surface area contributed by atoms with E-state index in [1.54, 1.807) is 0 Å². The lowest BCUT2D eigenvalue weighted by Crippen LogP contribution is -2.23. The Balaban J connectivity index is 3.46. The van der Waals surface area contributed by atoms with Crippen LogP contribution < -0.4 is 0 Å². The lowest BCUT2D eigenvalue weighted by Gasteiger charge is -2.16. The summed E-state index contributed by atoms with van der Waals surface area (Å²) in [4.78, 5) is 2.17. The van der Waals surface area contributed by atoms with Crippen LogP contribution in [0.15, 0.2) is 0 Å². The SMILES string of the molecule is CC#CCC(C)N(C)C. The molecule has 1 nitrogen and oxygen atoms in total. The summed E-state index contributed by atoms with van der Waals surface area (Å²) in [5.74, 6) is 5.91. The first-order valence-electron chi connectivity index (χ1n) is 3.24. The molecule has 0 aromatic heterocycles. The molecule has 0 radical (unpaired) electrons. The van der Waals surface area contributed by atoms with Gasteiger partial charge in [0.15, 0.2) is 0 Å². The Morgan fingerprint density at radius 1 is 1.44 bits per heavy atom. The molecule has 0 aliphatic rings. The summed E-state index contributed by atoms with van der Waals surface area (Å²) < 4.78 is 0. The van der Waals surface area contributed by atoms with E-state index >= 15 is 0 Å². The van der Waals surface area contributed by atoms with Gasteiger partial charge in [-0.2, -0.15) is 0 Å². The van der Waals surface area contributed by atoms with Gasteiger partial charge in [-0.1, -0.05) is 0 Å². The highest BCUT2D eigenvalue weighted by atomic mass is 15.1. The highest BCUT2D eigenvalue weighted by Crippen LogP contribution is 1.94. The first-order valence-corrected chi connectivity index (χ1v) is 3.24. The van der Waals surface area contributed by atoms with Crippen LogP contribution in [0, 0.1) is 11.8 Å². The Morgan fingerprint density at radius 2 is 2.00 bits per heavy atom. The Bertz CT molecular complexity index is 116. The fourth-order valence-electron chi connectivity index (χ4n) is 0.432. The predicted octanol–water partition coefficient (Wildman–Crippen LogP) is 1.35. The van der Waals surface area contributed by atoms with Crippen LogP contribution in [0.5, 0.6) is 0 Å². The van der Waals surface area contributed by atoms with Crippen LogP contribution >= 0.6 is 0 Å². The standard InChI is InChI=1S/C8H15N/c1-5-6-7-8(2)9(3)4/h8H,7H2,1-4H3. The Hall–Kier alpha value is -0.480. The molecule has 0 saturated heterocycles. The lowest BCUT2D eigenvalue weighted by atomic mass is 10.2. The lowest BCUT2D eigenvalue weighted by molar-refractivity contribution is 0.319. The number of rotatable bonds is 2. The van der Waals surface area contributed by atoms with Crippen LogP contribution in [0.25, 0.3) is 0 Å². The van der Waals surface area contributed by atoms with Crippen LogP contribution in [0.2, 0.25) is 0 Å². The molecule has 0 aliphatic carbocycles. The molecule has 1 heteroatoms. The van der Waals surface area contributed by atoms with E-state index in [1.807, 2.05) is 6.92 Å². The first kappa shape index (κ1) is 8.52. The van der Waals surface area contributed by atoms with E-state index in [0.717, 1.165) is 6.42 Å². The molecule has 0 rings (SSSR count). The van der Waals surface area contributed by atoms with Gasteiger partial charge in [-0.3, -0.25) is 0 Å². The molecule has 0 aromatic rings. The van der Waals surface area contributed by atoms with Crippen LogP contribution in [0.1, 0.15) is 20.3 Å². The quantitative estimate of drug-likeness (QED) is 0.503. The molecule has 0 fully saturated rings. The van der Waals surface area contributed by atoms with Gasteiger partial charge in [0.2, 0.25) is 0 Å². The summed E-state index contributed by atoms with van der Waals surface area (Å²) in [6.07, 6.45) is 0.976. The van der Waals surface area contributed by atoms with Crippen molar-refractivity contribution in [2.75, 3.05) is 14.1 Å². The van der Waals surface area contributed by atoms with Crippen molar-refractivity contribution in [2.45, 2.75) is 26.3 Å². The Morgan fingerprint density at radius 3 is 2.33 bits per heavy atom. The van der Waals surface area contributed by atoms with Crippen molar-refractivity contribution < 1.29 is 0 Å². The third-order valence-electron chi connectivity index (χ3n) is 1.46. The Kier molecular flexibility index (Phi) is 4.17. The van der Waals surface area contributed by atoms with Gasteiger partial charge in [0.05, 0.1) is 0 Å². The second-order valence-electron chi connectivity index (χ2n) is 2.44. The minimum atomic E-state index is 0.581. The van der Waals surface area contributed by atoms with E-state index in [0.29, 0.717) is 6.04 Å². The summed E-state index contributed by atoms with van der Waals surface area (Å²) in [6, 6.07) is 0.581. The topological polar surface area (TPSA) is 3.24 Å². The first-order chi connectivity index (χ1) is 4.18. The summed E-state index contributed by atoms with van der Waals surface area (Å²) in [5, 5.41) is 0. The zero-order valence-electron chi connectivity index (χ0n) is 6.73. The van der Waals surface area contributed by atoms with Gasteiger partial charge in [0.1, 0.15) is 0 Å². The summed E-state index contributed by atoms with van der Waals surface area (Å²) in [7, 11) is 4.14. The smallest absolute Gasteiger partial charge is 0.0242 e. The van der Waals surface area contributed by atoms with Gasteiger partial charge in [-0.15, -0.1) is 11.8 Å². The normalized spacial score (nSPS) is 12.6. The van der Waals surface area contributed by atoms with Gasteiger partial charge in [0, 0.05) is 12.5 Å². The fraction of sp³-hybridized carbons (Fsp3) is 0.750. The van der Waals surface area contributed by atoms with E-state index in [1.165, 1.54) is 0 Å². The molecule has 0 aromatic carbocycles. The highest BCUT2D eigenvalue weighted by molar-refractivity contribution is 4.97. The van der Waals surface area contributed by atoms with Crippen molar-refractivity contribution in [3.8, 4) is 11.8 Å².